The number of nitrogens with one attached hydrogen (secondary N) is 1. The van der Waals surface area contributed by atoms with Crippen LogP contribution in [0.15, 0.2) is 0 Å². The summed E-state index contributed by atoms with van der Waals surface area (Å²) in [4.78, 5) is 14.0. The molecule has 1 rings (SSSR count). The minimum atomic E-state index is -0.0936. The van der Waals surface area contributed by atoms with Crippen molar-refractivity contribution in [1.82, 2.24) is 10.2 Å². The Bertz CT molecular complexity index is 252. The van der Waals surface area contributed by atoms with Crippen molar-refractivity contribution in [1.29, 1.82) is 0 Å². The van der Waals surface area contributed by atoms with Gasteiger partial charge in [-0.15, -0.1) is 0 Å². The standard InChI is InChI=1S/C15H30N2O/c1-5-17(15(2,3)4)14(18)16-12-11-13-9-7-6-8-10-13/h13H,5-12H2,1-4H3,(H,16,18). The summed E-state index contributed by atoms with van der Waals surface area (Å²) in [6.45, 7) is 9.87. The fourth-order valence-corrected chi connectivity index (χ4v) is 2.88. The topological polar surface area (TPSA) is 32.3 Å². The molecule has 0 saturated heterocycles. The van der Waals surface area contributed by atoms with Crippen molar-refractivity contribution in [3.63, 3.8) is 0 Å². The first-order valence-corrected chi connectivity index (χ1v) is 7.50. The fourth-order valence-electron chi connectivity index (χ4n) is 2.88. The highest BCUT2D eigenvalue weighted by atomic mass is 16.2. The third-order valence-corrected chi connectivity index (χ3v) is 3.92. The lowest BCUT2D eigenvalue weighted by molar-refractivity contribution is 0.149. The Morgan fingerprint density at radius 2 is 1.83 bits per heavy atom. The van der Waals surface area contributed by atoms with E-state index < -0.39 is 0 Å². The molecule has 0 radical (unpaired) electrons. The first-order chi connectivity index (χ1) is 8.45. The highest BCUT2D eigenvalue weighted by Gasteiger charge is 2.24. The number of nitrogens with zero attached hydrogens (tertiary/aromatic N) is 1. The van der Waals surface area contributed by atoms with E-state index >= 15 is 0 Å². The Labute approximate surface area is 112 Å². The van der Waals surface area contributed by atoms with Crippen molar-refractivity contribution in [3.05, 3.63) is 0 Å². The Kier molecular flexibility index (Phi) is 5.97. The summed E-state index contributed by atoms with van der Waals surface area (Å²) >= 11 is 0. The zero-order chi connectivity index (χ0) is 13.6. The van der Waals surface area contributed by atoms with E-state index in [1.54, 1.807) is 0 Å². The van der Waals surface area contributed by atoms with Gasteiger partial charge in [0.25, 0.3) is 0 Å². The molecular formula is C15H30N2O. The molecule has 0 spiro atoms. The van der Waals surface area contributed by atoms with Crippen molar-refractivity contribution in [3.8, 4) is 0 Å². The van der Waals surface area contributed by atoms with Crippen LogP contribution in [0.5, 0.6) is 0 Å². The lowest BCUT2D eigenvalue weighted by atomic mass is 9.87. The number of urea groups is 1. The first-order valence-electron chi connectivity index (χ1n) is 7.50. The highest BCUT2D eigenvalue weighted by Crippen LogP contribution is 2.25. The summed E-state index contributed by atoms with van der Waals surface area (Å²) in [6, 6.07) is 0.0841. The minimum Gasteiger partial charge on any atom is -0.338 e. The van der Waals surface area contributed by atoms with E-state index in [1.165, 1.54) is 32.1 Å². The maximum absolute atomic E-state index is 12.1. The molecule has 0 aromatic carbocycles. The summed E-state index contributed by atoms with van der Waals surface area (Å²) in [5.41, 5.74) is -0.0936. The second-order valence-electron chi connectivity index (χ2n) is 6.44. The lowest BCUT2D eigenvalue weighted by Gasteiger charge is -2.35. The molecule has 1 N–H and O–H groups in total. The van der Waals surface area contributed by atoms with Crippen LogP contribution in [0, 0.1) is 5.92 Å². The van der Waals surface area contributed by atoms with E-state index in [4.69, 9.17) is 0 Å². The van der Waals surface area contributed by atoms with Crippen LogP contribution in [0.25, 0.3) is 0 Å². The fraction of sp³-hybridized carbons (Fsp3) is 0.933. The molecule has 0 atom stereocenters. The van der Waals surface area contributed by atoms with Crippen molar-refractivity contribution in [2.75, 3.05) is 13.1 Å². The minimum absolute atomic E-state index is 0.0841. The van der Waals surface area contributed by atoms with Crippen molar-refractivity contribution in [2.24, 2.45) is 5.92 Å². The summed E-state index contributed by atoms with van der Waals surface area (Å²) in [5, 5.41) is 3.07. The molecule has 0 unspecified atom stereocenters. The summed E-state index contributed by atoms with van der Waals surface area (Å²) < 4.78 is 0. The van der Waals surface area contributed by atoms with Crippen LogP contribution in [-0.2, 0) is 0 Å². The van der Waals surface area contributed by atoms with Crippen LogP contribution >= 0.6 is 0 Å². The number of rotatable bonds is 4. The normalized spacial score (nSPS) is 17.6. The summed E-state index contributed by atoms with van der Waals surface area (Å²) in [7, 11) is 0. The monoisotopic (exact) mass is 254 g/mol. The Morgan fingerprint density at radius 3 is 2.33 bits per heavy atom. The number of hydrogen-bond acceptors (Lipinski definition) is 1. The number of hydrogen-bond donors (Lipinski definition) is 1. The van der Waals surface area contributed by atoms with Gasteiger partial charge in [0.05, 0.1) is 0 Å². The third kappa shape index (κ3) is 4.87. The molecule has 1 aliphatic carbocycles. The summed E-state index contributed by atoms with van der Waals surface area (Å²) in [6.07, 6.45) is 8.01. The van der Waals surface area contributed by atoms with Gasteiger partial charge in [-0.1, -0.05) is 32.1 Å². The Hall–Kier alpha value is -0.730. The molecule has 0 heterocycles. The summed E-state index contributed by atoms with van der Waals surface area (Å²) in [5.74, 6) is 0.837. The number of carbonyl (C=O) groups excluding carboxylic acids is 1. The predicted molar refractivity (Wildman–Crippen MR) is 76.7 cm³/mol. The molecule has 0 bridgehead atoms. The molecule has 0 aliphatic heterocycles. The van der Waals surface area contributed by atoms with Gasteiger partial charge in [0.1, 0.15) is 0 Å². The van der Waals surface area contributed by atoms with Gasteiger partial charge in [0.2, 0.25) is 0 Å². The van der Waals surface area contributed by atoms with Gasteiger partial charge in [-0.2, -0.15) is 0 Å². The van der Waals surface area contributed by atoms with Gasteiger partial charge in [0.15, 0.2) is 0 Å². The molecular weight excluding hydrogens is 224 g/mol. The Morgan fingerprint density at radius 1 is 1.22 bits per heavy atom. The molecule has 18 heavy (non-hydrogen) atoms. The molecule has 1 fully saturated rings. The van der Waals surface area contributed by atoms with Gasteiger partial charge >= 0.3 is 6.03 Å². The molecule has 3 heteroatoms. The number of carbonyl (C=O) groups is 1. The Balaban J connectivity index is 2.27. The zero-order valence-electron chi connectivity index (χ0n) is 12.6. The maximum Gasteiger partial charge on any atom is 0.317 e. The van der Waals surface area contributed by atoms with Crippen LogP contribution in [0.1, 0.15) is 66.2 Å². The second kappa shape index (κ2) is 7.01. The van der Waals surface area contributed by atoms with Crippen molar-refractivity contribution in [2.45, 2.75) is 71.8 Å². The SMILES string of the molecule is CCN(C(=O)NCCC1CCCCC1)C(C)(C)C. The molecule has 106 valence electrons. The largest absolute Gasteiger partial charge is 0.338 e. The van der Waals surface area contributed by atoms with E-state index in [0.717, 1.165) is 25.4 Å². The smallest absolute Gasteiger partial charge is 0.317 e. The van der Waals surface area contributed by atoms with Crippen molar-refractivity contribution < 1.29 is 4.79 Å². The average molecular weight is 254 g/mol. The second-order valence-corrected chi connectivity index (χ2v) is 6.44. The predicted octanol–water partition coefficient (Wildman–Crippen LogP) is 3.79. The van der Waals surface area contributed by atoms with E-state index in [9.17, 15) is 4.79 Å². The van der Waals surface area contributed by atoms with Gasteiger partial charge in [0, 0.05) is 18.6 Å². The van der Waals surface area contributed by atoms with E-state index in [-0.39, 0.29) is 11.6 Å². The van der Waals surface area contributed by atoms with Crippen LogP contribution in [0.4, 0.5) is 4.79 Å². The van der Waals surface area contributed by atoms with Crippen LogP contribution in [0.3, 0.4) is 0 Å². The van der Waals surface area contributed by atoms with E-state index in [1.807, 2.05) is 11.8 Å². The molecule has 0 aromatic rings. The van der Waals surface area contributed by atoms with Gasteiger partial charge in [-0.05, 0) is 40.0 Å². The lowest BCUT2D eigenvalue weighted by Crippen LogP contribution is -2.50. The first kappa shape index (κ1) is 15.3. The van der Waals surface area contributed by atoms with Crippen LogP contribution in [-0.4, -0.2) is 29.6 Å². The van der Waals surface area contributed by atoms with Crippen LogP contribution in [0.2, 0.25) is 0 Å². The van der Waals surface area contributed by atoms with Crippen molar-refractivity contribution >= 4 is 6.03 Å². The molecule has 1 saturated carbocycles. The maximum atomic E-state index is 12.1. The average Bonchev–Trinajstić information content (AvgIpc) is 2.29. The van der Waals surface area contributed by atoms with Gasteiger partial charge in [-0.3, -0.25) is 0 Å². The van der Waals surface area contributed by atoms with Gasteiger partial charge in [-0.25, -0.2) is 4.79 Å². The molecule has 1 aliphatic rings. The van der Waals surface area contributed by atoms with E-state index in [2.05, 4.69) is 26.1 Å². The van der Waals surface area contributed by atoms with E-state index in [0.29, 0.717) is 0 Å². The molecule has 0 aromatic heterocycles. The molecule has 2 amide bonds. The zero-order valence-corrected chi connectivity index (χ0v) is 12.6. The third-order valence-electron chi connectivity index (χ3n) is 3.92. The number of amides is 2. The quantitative estimate of drug-likeness (QED) is 0.813. The highest BCUT2D eigenvalue weighted by molar-refractivity contribution is 5.74. The molecule has 3 nitrogen and oxygen atoms in total. The van der Waals surface area contributed by atoms with Crippen LogP contribution < -0.4 is 5.32 Å². The van der Waals surface area contributed by atoms with Gasteiger partial charge < -0.3 is 10.2 Å².